The van der Waals surface area contributed by atoms with Crippen molar-refractivity contribution in [2.75, 3.05) is 13.7 Å². The Bertz CT molecular complexity index is 743. The largest absolute Gasteiger partial charge is 0.497 e. The molecule has 0 saturated heterocycles. The van der Waals surface area contributed by atoms with Crippen LogP contribution in [0.3, 0.4) is 0 Å². The van der Waals surface area contributed by atoms with Crippen LogP contribution < -0.4 is 4.74 Å². The number of carbonyl (C=O) groups excluding carboxylic acids is 1. The molecule has 5 nitrogen and oxygen atoms in total. The number of halogens is 1. The summed E-state index contributed by atoms with van der Waals surface area (Å²) in [5.41, 5.74) is 2.50. The molecule has 1 heterocycles. The summed E-state index contributed by atoms with van der Waals surface area (Å²) in [7, 11) is 1.62. The fourth-order valence-corrected chi connectivity index (χ4v) is 2.98. The van der Waals surface area contributed by atoms with Crippen molar-refractivity contribution in [3.8, 4) is 5.75 Å². The minimum atomic E-state index is -0.531. The van der Waals surface area contributed by atoms with Gasteiger partial charge < -0.3 is 9.47 Å². The Morgan fingerprint density at radius 1 is 1.17 bits per heavy atom. The van der Waals surface area contributed by atoms with Gasteiger partial charge in [0.1, 0.15) is 19.0 Å². The number of hydrogen-bond donors (Lipinski definition) is 0. The van der Waals surface area contributed by atoms with E-state index in [1.165, 1.54) is 5.06 Å². The SMILES string of the molecule is COc1ccc(C2=C(I)CON2C(=O)OCc2ccccc2)cc1. The summed E-state index contributed by atoms with van der Waals surface area (Å²) in [6.45, 7) is 0.550. The second-order valence-corrected chi connectivity index (χ2v) is 6.39. The summed E-state index contributed by atoms with van der Waals surface area (Å²) in [6.07, 6.45) is -0.531. The highest BCUT2D eigenvalue weighted by Gasteiger charge is 2.30. The first-order valence-electron chi connectivity index (χ1n) is 7.36. The third kappa shape index (κ3) is 3.70. The van der Waals surface area contributed by atoms with Crippen molar-refractivity contribution < 1.29 is 19.1 Å². The topological polar surface area (TPSA) is 48.0 Å². The lowest BCUT2D eigenvalue weighted by Gasteiger charge is -2.18. The average Bonchev–Trinajstić information content (AvgIpc) is 3.02. The van der Waals surface area contributed by atoms with Crippen LogP contribution in [0.25, 0.3) is 5.70 Å². The lowest BCUT2D eigenvalue weighted by molar-refractivity contribution is -0.0691. The lowest BCUT2D eigenvalue weighted by atomic mass is 10.1. The van der Waals surface area contributed by atoms with Gasteiger partial charge in [0.2, 0.25) is 0 Å². The molecule has 0 bridgehead atoms. The van der Waals surface area contributed by atoms with Gasteiger partial charge in [-0.3, -0.25) is 4.84 Å². The van der Waals surface area contributed by atoms with E-state index in [1.807, 2.05) is 54.6 Å². The third-order valence-corrected chi connectivity index (χ3v) is 4.34. The van der Waals surface area contributed by atoms with Gasteiger partial charge in [-0.1, -0.05) is 30.3 Å². The number of hydroxylamine groups is 2. The quantitative estimate of drug-likeness (QED) is 0.667. The first-order valence-corrected chi connectivity index (χ1v) is 8.43. The molecular weight excluding hydrogens is 421 g/mol. The summed E-state index contributed by atoms with van der Waals surface area (Å²) in [5.74, 6) is 0.756. The van der Waals surface area contributed by atoms with E-state index < -0.39 is 6.09 Å². The Balaban J connectivity index is 1.73. The van der Waals surface area contributed by atoms with Crippen LogP contribution in [0.2, 0.25) is 0 Å². The van der Waals surface area contributed by atoms with Crippen molar-refractivity contribution in [2.45, 2.75) is 6.61 Å². The van der Waals surface area contributed by atoms with Crippen molar-refractivity contribution in [2.24, 2.45) is 0 Å². The van der Waals surface area contributed by atoms with Crippen molar-refractivity contribution in [3.05, 3.63) is 69.3 Å². The Kier molecular flexibility index (Phi) is 5.37. The Morgan fingerprint density at radius 2 is 1.88 bits per heavy atom. The van der Waals surface area contributed by atoms with Gasteiger partial charge in [0.25, 0.3) is 0 Å². The zero-order valence-electron chi connectivity index (χ0n) is 13.1. The molecule has 124 valence electrons. The minimum absolute atomic E-state index is 0.200. The molecule has 1 amide bonds. The number of benzene rings is 2. The Labute approximate surface area is 153 Å². The first-order chi connectivity index (χ1) is 11.7. The van der Waals surface area contributed by atoms with Crippen molar-refractivity contribution in [1.82, 2.24) is 5.06 Å². The summed E-state index contributed by atoms with van der Waals surface area (Å²) >= 11 is 2.18. The monoisotopic (exact) mass is 437 g/mol. The smallest absolute Gasteiger partial charge is 0.439 e. The maximum absolute atomic E-state index is 12.4. The number of rotatable bonds is 4. The average molecular weight is 437 g/mol. The van der Waals surface area contributed by atoms with Crippen LogP contribution >= 0.6 is 22.6 Å². The molecule has 6 heteroatoms. The predicted octanol–water partition coefficient (Wildman–Crippen LogP) is 4.38. The molecule has 3 rings (SSSR count). The number of amides is 1. The van der Waals surface area contributed by atoms with Crippen LogP contribution in [0.4, 0.5) is 4.79 Å². The zero-order chi connectivity index (χ0) is 16.9. The van der Waals surface area contributed by atoms with Crippen LogP contribution in [0.5, 0.6) is 5.75 Å². The molecule has 2 aromatic rings. The molecule has 1 aliphatic rings. The highest BCUT2D eigenvalue weighted by Crippen LogP contribution is 2.34. The number of nitrogens with zero attached hydrogens (tertiary/aromatic N) is 1. The van der Waals surface area contributed by atoms with Crippen LogP contribution in [0.1, 0.15) is 11.1 Å². The van der Waals surface area contributed by atoms with E-state index in [0.717, 1.165) is 20.5 Å². The van der Waals surface area contributed by atoms with Gasteiger partial charge in [-0.25, -0.2) is 4.79 Å². The van der Waals surface area contributed by atoms with Gasteiger partial charge in [-0.15, -0.1) is 0 Å². The summed E-state index contributed by atoms with van der Waals surface area (Å²) < 4.78 is 11.5. The molecule has 0 spiro atoms. The van der Waals surface area contributed by atoms with E-state index in [-0.39, 0.29) is 6.61 Å². The van der Waals surface area contributed by atoms with Gasteiger partial charge in [0, 0.05) is 9.14 Å². The molecular formula is C18H16INO4. The standard InChI is InChI=1S/C18H16INO4/c1-22-15-9-7-14(8-10-15)17-16(19)12-24-20(17)18(21)23-11-13-5-3-2-4-6-13/h2-10H,11-12H2,1H3. The van der Waals surface area contributed by atoms with Crippen LogP contribution in [-0.2, 0) is 16.2 Å². The van der Waals surface area contributed by atoms with Crippen LogP contribution in [0, 0.1) is 0 Å². The summed E-state index contributed by atoms with van der Waals surface area (Å²) in [6, 6.07) is 17.0. The molecule has 0 saturated carbocycles. The van der Waals surface area contributed by atoms with E-state index in [1.54, 1.807) is 7.11 Å². The highest BCUT2D eigenvalue weighted by molar-refractivity contribution is 14.1. The summed E-state index contributed by atoms with van der Waals surface area (Å²) in [5, 5.41) is 1.21. The van der Waals surface area contributed by atoms with E-state index in [9.17, 15) is 4.79 Å². The number of ether oxygens (including phenoxy) is 2. The molecule has 1 aliphatic heterocycles. The predicted molar refractivity (Wildman–Crippen MR) is 98.4 cm³/mol. The van der Waals surface area contributed by atoms with Gasteiger partial charge in [-0.05, 0) is 52.4 Å². The number of hydrogen-bond acceptors (Lipinski definition) is 4. The molecule has 0 aliphatic carbocycles. The zero-order valence-corrected chi connectivity index (χ0v) is 15.2. The van der Waals surface area contributed by atoms with Gasteiger partial charge in [0.05, 0.1) is 12.8 Å². The van der Waals surface area contributed by atoms with E-state index in [2.05, 4.69) is 22.6 Å². The van der Waals surface area contributed by atoms with E-state index in [0.29, 0.717) is 12.3 Å². The number of carbonyl (C=O) groups is 1. The Hall–Kier alpha value is -2.06. The minimum Gasteiger partial charge on any atom is -0.497 e. The van der Waals surface area contributed by atoms with Crippen molar-refractivity contribution in [3.63, 3.8) is 0 Å². The highest BCUT2D eigenvalue weighted by atomic mass is 127. The molecule has 0 aromatic heterocycles. The fraction of sp³-hybridized carbons (Fsp3) is 0.167. The molecule has 0 fully saturated rings. The van der Waals surface area contributed by atoms with Crippen LogP contribution in [-0.4, -0.2) is 24.9 Å². The van der Waals surface area contributed by atoms with E-state index >= 15 is 0 Å². The second-order valence-electron chi connectivity index (χ2n) is 5.09. The van der Waals surface area contributed by atoms with Gasteiger partial charge in [0.15, 0.2) is 0 Å². The first kappa shape index (κ1) is 16.8. The van der Waals surface area contributed by atoms with Crippen molar-refractivity contribution >= 4 is 34.4 Å². The fourth-order valence-electron chi connectivity index (χ4n) is 2.31. The van der Waals surface area contributed by atoms with Gasteiger partial charge >= 0.3 is 6.09 Å². The second kappa shape index (κ2) is 7.67. The molecule has 0 radical (unpaired) electrons. The molecule has 24 heavy (non-hydrogen) atoms. The number of methoxy groups -OCH3 is 1. The summed E-state index contributed by atoms with van der Waals surface area (Å²) in [4.78, 5) is 17.9. The maximum Gasteiger partial charge on any atom is 0.439 e. The normalized spacial score (nSPS) is 14.0. The Morgan fingerprint density at radius 3 is 2.54 bits per heavy atom. The molecule has 0 unspecified atom stereocenters. The van der Waals surface area contributed by atoms with Crippen LogP contribution in [0.15, 0.2) is 58.2 Å². The maximum atomic E-state index is 12.4. The lowest BCUT2D eigenvalue weighted by Crippen LogP contribution is -2.27. The third-order valence-electron chi connectivity index (χ3n) is 3.51. The molecule has 0 atom stereocenters. The van der Waals surface area contributed by atoms with Crippen molar-refractivity contribution in [1.29, 1.82) is 0 Å². The molecule has 2 aromatic carbocycles. The van der Waals surface area contributed by atoms with E-state index in [4.69, 9.17) is 14.3 Å². The molecule has 0 N–H and O–H groups in total. The van der Waals surface area contributed by atoms with Gasteiger partial charge in [-0.2, -0.15) is 5.06 Å².